The van der Waals surface area contributed by atoms with E-state index in [1.807, 2.05) is 4.90 Å². The lowest BCUT2D eigenvalue weighted by atomic mass is 10.1. The van der Waals surface area contributed by atoms with E-state index in [9.17, 15) is 4.79 Å². The molecule has 1 saturated carbocycles. The highest BCUT2D eigenvalue weighted by Gasteiger charge is 2.35. The summed E-state index contributed by atoms with van der Waals surface area (Å²) in [5.74, 6) is 1.36. The van der Waals surface area contributed by atoms with Crippen molar-refractivity contribution in [1.82, 2.24) is 4.90 Å². The Hall–Kier alpha value is -0.870. The summed E-state index contributed by atoms with van der Waals surface area (Å²) >= 11 is 1.60. The largest absolute Gasteiger partial charge is 0.335 e. The van der Waals surface area contributed by atoms with Crippen molar-refractivity contribution in [3.05, 3.63) is 21.9 Å². The van der Waals surface area contributed by atoms with Gasteiger partial charge in [-0.15, -0.1) is 11.3 Å². The van der Waals surface area contributed by atoms with E-state index in [4.69, 9.17) is 5.73 Å². The lowest BCUT2D eigenvalue weighted by molar-refractivity contribution is 0.0747. The molecule has 3 nitrogen and oxygen atoms in total. The number of nitrogens with two attached hydrogens (primary N) is 1. The van der Waals surface area contributed by atoms with Crippen molar-refractivity contribution in [3.63, 3.8) is 0 Å². The van der Waals surface area contributed by atoms with Gasteiger partial charge in [0.25, 0.3) is 5.91 Å². The number of hydrogen-bond acceptors (Lipinski definition) is 3. The first kappa shape index (κ1) is 12.2. The van der Waals surface area contributed by atoms with Crippen LogP contribution < -0.4 is 5.73 Å². The van der Waals surface area contributed by atoms with Gasteiger partial charge in [0, 0.05) is 12.6 Å². The Balaban J connectivity index is 1.79. The van der Waals surface area contributed by atoms with Crippen LogP contribution in [0, 0.1) is 5.92 Å². The molecule has 18 heavy (non-hydrogen) atoms. The maximum Gasteiger partial charge on any atom is 0.264 e. The molecular formula is C14H20N2OS. The van der Waals surface area contributed by atoms with E-state index < -0.39 is 0 Å². The Morgan fingerprint density at radius 2 is 2.33 bits per heavy atom. The van der Waals surface area contributed by atoms with Crippen molar-refractivity contribution < 1.29 is 4.79 Å². The molecule has 1 aromatic rings. The fourth-order valence-electron chi connectivity index (χ4n) is 2.94. The van der Waals surface area contributed by atoms with Crippen LogP contribution >= 0.6 is 11.3 Å². The van der Waals surface area contributed by atoms with Crippen LogP contribution in [0.3, 0.4) is 0 Å². The summed E-state index contributed by atoms with van der Waals surface area (Å²) in [6.45, 7) is 3.66. The number of nitrogens with zero attached hydrogens (tertiary/aromatic N) is 1. The lowest BCUT2D eigenvalue weighted by Crippen LogP contribution is -2.34. The minimum atomic E-state index is 0.232. The summed E-state index contributed by atoms with van der Waals surface area (Å²) in [5, 5.41) is 2.06. The second-order valence-electron chi connectivity index (χ2n) is 5.62. The fraction of sp³-hybridized carbons (Fsp3) is 0.643. The van der Waals surface area contributed by atoms with Gasteiger partial charge in [-0.2, -0.15) is 0 Å². The van der Waals surface area contributed by atoms with Crippen LogP contribution in [0.5, 0.6) is 0 Å². The minimum absolute atomic E-state index is 0.232. The Bertz CT molecular complexity index is 452. The van der Waals surface area contributed by atoms with Gasteiger partial charge in [-0.05, 0) is 61.6 Å². The second-order valence-corrected chi connectivity index (χ2v) is 6.54. The SMILES string of the molecule is CC1CC(CN)CN1C(=O)c1sccc1C1CC1. The van der Waals surface area contributed by atoms with Gasteiger partial charge in [-0.3, -0.25) is 4.79 Å². The van der Waals surface area contributed by atoms with E-state index in [-0.39, 0.29) is 5.91 Å². The van der Waals surface area contributed by atoms with Crippen molar-refractivity contribution in [2.75, 3.05) is 13.1 Å². The predicted molar refractivity (Wildman–Crippen MR) is 74.0 cm³/mol. The Morgan fingerprint density at radius 3 is 2.94 bits per heavy atom. The van der Waals surface area contributed by atoms with Gasteiger partial charge in [-0.1, -0.05) is 0 Å². The zero-order valence-corrected chi connectivity index (χ0v) is 11.6. The standard InChI is InChI=1S/C14H20N2OS/c1-9-6-10(7-15)8-16(9)14(17)13-12(4-5-18-13)11-2-3-11/h4-5,9-11H,2-3,6-8,15H2,1H3. The van der Waals surface area contributed by atoms with Crippen LogP contribution in [-0.2, 0) is 0 Å². The second kappa shape index (κ2) is 4.67. The molecule has 2 fully saturated rings. The van der Waals surface area contributed by atoms with Gasteiger partial charge in [0.05, 0.1) is 4.88 Å². The van der Waals surface area contributed by atoms with Gasteiger partial charge in [0.2, 0.25) is 0 Å². The third-order valence-electron chi connectivity index (χ3n) is 4.16. The fourth-order valence-corrected chi connectivity index (χ4v) is 3.87. The van der Waals surface area contributed by atoms with Crippen LogP contribution in [0.4, 0.5) is 0 Å². The molecule has 0 spiro atoms. The van der Waals surface area contributed by atoms with Gasteiger partial charge >= 0.3 is 0 Å². The summed E-state index contributed by atoms with van der Waals surface area (Å²) in [4.78, 5) is 15.6. The summed E-state index contributed by atoms with van der Waals surface area (Å²) in [6.07, 6.45) is 3.54. The molecule has 1 aliphatic carbocycles. The van der Waals surface area contributed by atoms with Gasteiger partial charge in [0.1, 0.15) is 0 Å². The monoisotopic (exact) mass is 264 g/mol. The predicted octanol–water partition coefficient (Wildman–Crippen LogP) is 2.43. The van der Waals surface area contributed by atoms with Crippen LogP contribution in [0.1, 0.15) is 47.3 Å². The quantitative estimate of drug-likeness (QED) is 0.911. The number of carbonyl (C=O) groups is 1. The summed E-state index contributed by atoms with van der Waals surface area (Å²) < 4.78 is 0. The molecule has 2 aliphatic rings. The van der Waals surface area contributed by atoms with Crippen LogP contribution in [0.2, 0.25) is 0 Å². The first-order valence-electron chi connectivity index (χ1n) is 6.79. The number of hydrogen-bond donors (Lipinski definition) is 1. The molecule has 2 atom stereocenters. The first-order chi connectivity index (χ1) is 8.70. The molecule has 2 N–H and O–H groups in total. The topological polar surface area (TPSA) is 46.3 Å². The molecule has 0 aromatic carbocycles. The van der Waals surface area contributed by atoms with Crippen LogP contribution in [-0.4, -0.2) is 29.9 Å². The number of likely N-dealkylation sites (tertiary alicyclic amines) is 1. The number of rotatable bonds is 3. The normalized spacial score (nSPS) is 27.8. The molecule has 2 unspecified atom stereocenters. The molecule has 3 rings (SSSR count). The molecule has 1 aliphatic heterocycles. The molecule has 2 heterocycles. The van der Waals surface area contributed by atoms with E-state index in [1.54, 1.807) is 11.3 Å². The van der Waals surface area contributed by atoms with Crippen LogP contribution in [0.25, 0.3) is 0 Å². The summed E-state index contributed by atoms with van der Waals surface area (Å²) in [7, 11) is 0. The Kier molecular flexibility index (Phi) is 3.16. The van der Waals surface area contributed by atoms with Crippen molar-refractivity contribution in [2.24, 2.45) is 11.7 Å². The molecule has 4 heteroatoms. The number of carbonyl (C=O) groups excluding carboxylic acids is 1. The lowest BCUT2D eigenvalue weighted by Gasteiger charge is -2.21. The third-order valence-corrected chi connectivity index (χ3v) is 5.08. The number of thiophene rings is 1. The smallest absolute Gasteiger partial charge is 0.264 e. The highest BCUT2D eigenvalue weighted by Crippen LogP contribution is 2.43. The maximum absolute atomic E-state index is 12.6. The zero-order valence-electron chi connectivity index (χ0n) is 10.8. The molecule has 0 bridgehead atoms. The highest BCUT2D eigenvalue weighted by molar-refractivity contribution is 7.12. The average molecular weight is 264 g/mol. The van der Waals surface area contributed by atoms with Gasteiger partial charge < -0.3 is 10.6 Å². The first-order valence-corrected chi connectivity index (χ1v) is 7.67. The molecule has 1 amide bonds. The Morgan fingerprint density at radius 1 is 1.56 bits per heavy atom. The van der Waals surface area contributed by atoms with E-state index in [0.717, 1.165) is 17.8 Å². The average Bonchev–Trinajstić information content (AvgIpc) is 2.97. The molecule has 1 aromatic heterocycles. The third kappa shape index (κ3) is 2.08. The van der Waals surface area contributed by atoms with E-state index in [0.29, 0.717) is 24.4 Å². The molecular weight excluding hydrogens is 244 g/mol. The van der Waals surface area contributed by atoms with Gasteiger partial charge in [-0.25, -0.2) is 0 Å². The number of amides is 1. The zero-order chi connectivity index (χ0) is 12.7. The molecule has 1 saturated heterocycles. The summed E-state index contributed by atoms with van der Waals surface area (Å²) in [6, 6.07) is 2.47. The molecule has 0 radical (unpaired) electrons. The van der Waals surface area contributed by atoms with E-state index in [2.05, 4.69) is 18.4 Å². The van der Waals surface area contributed by atoms with E-state index >= 15 is 0 Å². The van der Waals surface area contributed by atoms with Crippen molar-refractivity contribution >= 4 is 17.2 Å². The maximum atomic E-state index is 12.6. The highest BCUT2D eigenvalue weighted by atomic mass is 32.1. The van der Waals surface area contributed by atoms with E-state index in [1.165, 1.54) is 18.4 Å². The van der Waals surface area contributed by atoms with Crippen LogP contribution in [0.15, 0.2) is 11.4 Å². The molecule has 98 valence electrons. The van der Waals surface area contributed by atoms with Crippen molar-refractivity contribution in [3.8, 4) is 0 Å². The van der Waals surface area contributed by atoms with Crippen molar-refractivity contribution in [2.45, 2.75) is 38.1 Å². The summed E-state index contributed by atoms with van der Waals surface area (Å²) in [5.41, 5.74) is 7.02. The van der Waals surface area contributed by atoms with Gasteiger partial charge in [0.15, 0.2) is 0 Å². The van der Waals surface area contributed by atoms with Crippen molar-refractivity contribution in [1.29, 1.82) is 0 Å². The Labute approximate surface area is 112 Å². The minimum Gasteiger partial charge on any atom is -0.335 e.